The third-order valence-electron chi connectivity index (χ3n) is 9.69. The summed E-state index contributed by atoms with van der Waals surface area (Å²) in [5, 5.41) is 42.4. The molecule has 1 aromatic heterocycles. The zero-order valence-corrected chi connectivity index (χ0v) is 27.2. The van der Waals surface area contributed by atoms with Gasteiger partial charge in [0.1, 0.15) is 0 Å². The average Bonchev–Trinajstić information content (AvgIpc) is 3.19. The maximum Gasteiger partial charge on any atom is 0.303 e. The number of nitrogens with one attached hydrogen (secondary N) is 5. The SMILES string of the molecule is C=CC1=C(C)[C@@H](Cc2[nH]c(/C=C3/N[C@]4(N/C4=C4/NC(=O)[C@H](C)[C@H]4[C@H](C)S)C(C)=C3CCC(=O)O)c(CCC(=O)O)c2CO)NC1=O. The number of aliphatic hydroxyl groups is 1. The van der Waals surface area contributed by atoms with Crippen LogP contribution in [0, 0.1) is 11.8 Å². The molecule has 8 N–H and O–H groups in total. The monoisotopic (exact) mass is 651 g/mol. The van der Waals surface area contributed by atoms with E-state index in [-0.39, 0.29) is 67.2 Å². The summed E-state index contributed by atoms with van der Waals surface area (Å²) >= 11 is 4.65. The number of thiol groups is 1. The summed E-state index contributed by atoms with van der Waals surface area (Å²) < 4.78 is 0. The molecule has 5 atom stereocenters. The Kier molecular flexibility index (Phi) is 9.02. The van der Waals surface area contributed by atoms with Gasteiger partial charge in [-0.25, -0.2) is 0 Å². The Bertz CT molecular complexity index is 1670. The van der Waals surface area contributed by atoms with Gasteiger partial charge in [-0.15, -0.1) is 0 Å². The third-order valence-corrected chi connectivity index (χ3v) is 10.0. The van der Waals surface area contributed by atoms with E-state index in [9.17, 15) is 34.5 Å². The molecule has 4 aliphatic rings. The fourth-order valence-electron chi connectivity index (χ4n) is 7.09. The highest BCUT2D eigenvalue weighted by atomic mass is 32.1. The zero-order valence-electron chi connectivity index (χ0n) is 26.3. The van der Waals surface area contributed by atoms with Gasteiger partial charge in [0.05, 0.1) is 18.3 Å². The van der Waals surface area contributed by atoms with Crippen molar-refractivity contribution in [3.05, 3.63) is 74.6 Å². The first-order valence-corrected chi connectivity index (χ1v) is 15.9. The van der Waals surface area contributed by atoms with Crippen molar-refractivity contribution in [1.29, 1.82) is 0 Å². The predicted octanol–water partition coefficient (Wildman–Crippen LogP) is 2.40. The number of hydrogen-bond acceptors (Lipinski definition) is 8. The summed E-state index contributed by atoms with van der Waals surface area (Å²) in [5.41, 5.74) is 6.79. The van der Waals surface area contributed by atoms with Gasteiger partial charge in [0.2, 0.25) is 5.91 Å². The summed E-state index contributed by atoms with van der Waals surface area (Å²) in [6.45, 7) is 11.0. The molecule has 13 heteroatoms. The van der Waals surface area contributed by atoms with Crippen molar-refractivity contribution in [2.75, 3.05) is 0 Å². The lowest BCUT2D eigenvalue weighted by Crippen LogP contribution is -2.31. The molecule has 0 saturated carbocycles. The topological polar surface area (TPSA) is 203 Å². The highest BCUT2D eigenvalue weighted by Gasteiger charge is 2.59. The van der Waals surface area contributed by atoms with E-state index in [2.05, 4.69) is 45.5 Å². The molecule has 2 saturated heterocycles. The highest BCUT2D eigenvalue weighted by Crippen LogP contribution is 2.50. The van der Waals surface area contributed by atoms with Gasteiger partial charge < -0.3 is 41.6 Å². The number of aromatic nitrogens is 1. The number of carboxylic acid groups (broad SMARTS) is 2. The van der Waals surface area contributed by atoms with Crippen LogP contribution in [0.1, 0.15) is 69.5 Å². The summed E-state index contributed by atoms with van der Waals surface area (Å²) in [6.07, 6.45) is 3.78. The number of carbonyl (C=O) groups excluding carboxylic acids is 2. The lowest BCUT2D eigenvalue weighted by Gasteiger charge is -2.18. The summed E-state index contributed by atoms with van der Waals surface area (Å²) in [5.74, 6) is -2.65. The average molecular weight is 652 g/mol. The first-order valence-electron chi connectivity index (χ1n) is 15.4. The number of amides is 2. The van der Waals surface area contributed by atoms with Gasteiger partial charge in [-0.3, -0.25) is 19.2 Å². The van der Waals surface area contributed by atoms with Gasteiger partial charge in [-0.1, -0.05) is 26.5 Å². The predicted molar refractivity (Wildman–Crippen MR) is 174 cm³/mol. The number of aromatic amines is 1. The minimum absolute atomic E-state index is 0.0824. The normalized spacial score (nSPS) is 28.5. The second-order valence-corrected chi connectivity index (χ2v) is 13.3. The third kappa shape index (κ3) is 5.77. The number of carboxylic acids is 2. The van der Waals surface area contributed by atoms with Crippen LogP contribution in [0.5, 0.6) is 0 Å². The van der Waals surface area contributed by atoms with Gasteiger partial charge in [-0.2, -0.15) is 12.6 Å². The van der Waals surface area contributed by atoms with Crippen molar-refractivity contribution < 1.29 is 34.5 Å². The number of carbonyl (C=O) groups is 4. The standard InChI is InChI=1S/C33H41N5O7S/c1-6-18-14(2)22(35-32(18)45)11-24-21(13-39)20(8-10-27(42)43)23(34-24)12-25-19(7-9-26(40)41)16(4)33(37-25)30(38-33)29-28(17(5)46)15(3)31(44)36-29/h6,12,15,17,22,28,34,37-39,46H,1,7-11,13H2,2-5H3,(H,35,45)(H,36,44)(H,40,41)(H,42,43)/b25-12+,30-29+/t15-,17+,22-,28+,33+/m1/s1. The Morgan fingerprint density at radius 2 is 1.76 bits per heavy atom. The van der Waals surface area contributed by atoms with Crippen LogP contribution in [-0.4, -0.2) is 61.0 Å². The van der Waals surface area contributed by atoms with Crippen LogP contribution in [0.3, 0.4) is 0 Å². The van der Waals surface area contributed by atoms with E-state index in [1.165, 1.54) is 6.08 Å². The Morgan fingerprint density at radius 3 is 2.35 bits per heavy atom. The zero-order chi connectivity index (χ0) is 33.7. The van der Waals surface area contributed by atoms with Crippen LogP contribution in [0.15, 0.2) is 52.0 Å². The molecule has 0 aliphatic carbocycles. The molecule has 2 fully saturated rings. The van der Waals surface area contributed by atoms with Crippen LogP contribution >= 0.6 is 12.6 Å². The highest BCUT2D eigenvalue weighted by molar-refractivity contribution is 7.80. The molecule has 1 aromatic rings. The molecule has 12 nitrogen and oxygen atoms in total. The molecule has 5 rings (SSSR count). The maximum absolute atomic E-state index is 12.7. The number of allylic oxidation sites excluding steroid dienone is 2. The molecule has 5 heterocycles. The molecule has 0 unspecified atom stereocenters. The van der Waals surface area contributed by atoms with Gasteiger partial charge >= 0.3 is 11.9 Å². The Labute approximate surface area is 272 Å². The van der Waals surface area contributed by atoms with E-state index in [0.717, 1.165) is 28.1 Å². The lowest BCUT2D eigenvalue weighted by molar-refractivity contribution is -0.138. The van der Waals surface area contributed by atoms with E-state index in [1.54, 1.807) is 0 Å². The van der Waals surface area contributed by atoms with Crippen LogP contribution < -0.4 is 21.3 Å². The van der Waals surface area contributed by atoms with Crippen molar-refractivity contribution in [2.45, 2.75) is 83.4 Å². The minimum atomic E-state index is -0.988. The molecular formula is C33H41N5O7S. The van der Waals surface area contributed by atoms with Crippen molar-refractivity contribution in [1.82, 2.24) is 26.3 Å². The fraction of sp³-hybridized carbons (Fsp3) is 0.455. The minimum Gasteiger partial charge on any atom is -0.481 e. The van der Waals surface area contributed by atoms with Crippen molar-refractivity contribution in [3.63, 3.8) is 0 Å². The quantitative estimate of drug-likeness (QED) is 0.120. The van der Waals surface area contributed by atoms with E-state index in [1.807, 2.05) is 33.8 Å². The fourth-order valence-corrected chi connectivity index (χ4v) is 7.50. The summed E-state index contributed by atoms with van der Waals surface area (Å²) in [6, 6.07) is -0.338. The van der Waals surface area contributed by atoms with Crippen molar-refractivity contribution >= 4 is 42.5 Å². The Hall–Kier alpha value is -4.23. The molecule has 246 valence electrons. The molecule has 0 aromatic carbocycles. The molecule has 0 radical (unpaired) electrons. The molecule has 0 bridgehead atoms. The number of hydrogen-bond donors (Lipinski definition) is 9. The first kappa shape index (κ1) is 33.1. The van der Waals surface area contributed by atoms with Crippen LogP contribution in [0.4, 0.5) is 0 Å². The van der Waals surface area contributed by atoms with E-state index in [4.69, 9.17) is 0 Å². The van der Waals surface area contributed by atoms with Gasteiger partial charge in [-0.05, 0) is 55.0 Å². The number of aliphatic hydroxyl groups excluding tert-OH is 1. The van der Waals surface area contributed by atoms with E-state index >= 15 is 0 Å². The molecule has 46 heavy (non-hydrogen) atoms. The largest absolute Gasteiger partial charge is 0.481 e. The first-order chi connectivity index (χ1) is 21.7. The van der Waals surface area contributed by atoms with Gasteiger partial charge in [0.15, 0.2) is 5.66 Å². The Morgan fingerprint density at radius 1 is 1.09 bits per heavy atom. The van der Waals surface area contributed by atoms with E-state index < -0.39 is 17.6 Å². The van der Waals surface area contributed by atoms with Crippen LogP contribution in [0.2, 0.25) is 0 Å². The smallest absolute Gasteiger partial charge is 0.303 e. The second-order valence-electron chi connectivity index (χ2n) is 12.4. The lowest BCUT2D eigenvalue weighted by atomic mass is 9.90. The molecule has 1 spiro atoms. The number of rotatable bonds is 12. The van der Waals surface area contributed by atoms with Crippen LogP contribution in [-0.2, 0) is 38.6 Å². The molecular weight excluding hydrogens is 610 g/mol. The van der Waals surface area contributed by atoms with Crippen molar-refractivity contribution in [3.8, 4) is 0 Å². The summed E-state index contributed by atoms with van der Waals surface area (Å²) in [7, 11) is 0. The molecule has 2 amide bonds. The maximum atomic E-state index is 12.7. The second kappa shape index (κ2) is 12.5. The van der Waals surface area contributed by atoms with E-state index in [0.29, 0.717) is 40.2 Å². The van der Waals surface area contributed by atoms with Gasteiger partial charge in [0.25, 0.3) is 5.91 Å². The van der Waals surface area contributed by atoms with Crippen molar-refractivity contribution in [2.24, 2.45) is 11.8 Å². The number of aliphatic carboxylic acids is 2. The van der Waals surface area contributed by atoms with Gasteiger partial charge in [0, 0.05) is 70.3 Å². The number of H-pyrrole nitrogens is 1. The molecule has 4 aliphatic heterocycles. The Balaban J connectivity index is 1.58. The summed E-state index contributed by atoms with van der Waals surface area (Å²) in [4.78, 5) is 51.7. The van der Waals surface area contributed by atoms with Crippen LogP contribution in [0.25, 0.3) is 6.08 Å².